The number of sulfonamides is 1. The fourth-order valence-corrected chi connectivity index (χ4v) is 1.40. The van der Waals surface area contributed by atoms with Crippen LogP contribution in [0.4, 0.5) is 0 Å². The van der Waals surface area contributed by atoms with Crippen molar-refractivity contribution in [3.8, 4) is 0 Å². The van der Waals surface area contributed by atoms with E-state index in [9.17, 15) is 13.2 Å². The first-order valence-electron chi connectivity index (χ1n) is 3.79. The second-order valence-corrected chi connectivity index (χ2v) is 5.31. The highest BCUT2D eigenvalue weighted by molar-refractivity contribution is 7.90. The highest BCUT2D eigenvalue weighted by atomic mass is 32.2. The van der Waals surface area contributed by atoms with Crippen molar-refractivity contribution in [1.29, 1.82) is 0 Å². The molecule has 0 radical (unpaired) electrons. The van der Waals surface area contributed by atoms with Gasteiger partial charge in [0.25, 0.3) is 0 Å². The lowest BCUT2D eigenvalue weighted by atomic mass is 10.3. The molecule has 4 nitrogen and oxygen atoms in total. The Morgan fingerprint density at radius 1 is 1.25 bits per heavy atom. The second kappa shape index (κ2) is 4.00. The van der Waals surface area contributed by atoms with Crippen molar-refractivity contribution >= 4 is 15.8 Å². The quantitative estimate of drug-likeness (QED) is 0.698. The van der Waals surface area contributed by atoms with Crippen molar-refractivity contribution in [1.82, 2.24) is 4.72 Å². The van der Waals surface area contributed by atoms with Gasteiger partial charge in [0, 0.05) is 0 Å². The van der Waals surface area contributed by atoms with Crippen LogP contribution >= 0.6 is 0 Å². The minimum atomic E-state index is -3.31. The summed E-state index contributed by atoms with van der Waals surface area (Å²) in [4.78, 5) is 10.7. The summed E-state index contributed by atoms with van der Waals surface area (Å²) in [6, 6.07) is -0.627. The lowest BCUT2D eigenvalue weighted by Gasteiger charge is -2.13. The zero-order valence-corrected chi connectivity index (χ0v) is 8.60. The number of hydrogen-bond acceptors (Lipinski definition) is 3. The van der Waals surface area contributed by atoms with Gasteiger partial charge in [-0.15, -0.1) is 0 Å². The van der Waals surface area contributed by atoms with E-state index >= 15 is 0 Å². The summed E-state index contributed by atoms with van der Waals surface area (Å²) in [5.74, 6) is -0.181. The van der Waals surface area contributed by atoms with Crippen LogP contribution in [0, 0.1) is 0 Å². The molecule has 0 heterocycles. The molecule has 0 aliphatic carbocycles. The molecule has 0 bridgehead atoms. The van der Waals surface area contributed by atoms with Crippen LogP contribution in [0.15, 0.2) is 0 Å². The molecule has 12 heavy (non-hydrogen) atoms. The molecule has 72 valence electrons. The molecule has 1 N–H and O–H groups in total. The minimum absolute atomic E-state index is 0.181. The number of nitrogens with one attached hydrogen (secondary N) is 1. The second-order valence-electron chi connectivity index (χ2n) is 3.04. The molecule has 0 spiro atoms. The number of carbonyl (C=O) groups is 1. The third-order valence-corrected chi connectivity index (χ3v) is 3.49. The smallest absolute Gasteiger partial charge is 0.214 e. The van der Waals surface area contributed by atoms with Crippen LogP contribution in [-0.4, -0.2) is 25.5 Å². The summed E-state index contributed by atoms with van der Waals surface area (Å²) in [6.45, 7) is 6.01. The van der Waals surface area contributed by atoms with Crippen LogP contribution < -0.4 is 4.72 Å². The van der Waals surface area contributed by atoms with E-state index in [-0.39, 0.29) is 5.78 Å². The third-order valence-electron chi connectivity index (χ3n) is 1.57. The van der Waals surface area contributed by atoms with Gasteiger partial charge >= 0.3 is 0 Å². The van der Waals surface area contributed by atoms with E-state index in [0.29, 0.717) is 0 Å². The number of hydrogen-bond donors (Lipinski definition) is 1. The number of rotatable bonds is 4. The molecule has 0 fully saturated rings. The van der Waals surface area contributed by atoms with Crippen molar-refractivity contribution in [3.05, 3.63) is 0 Å². The van der Waals surface area contributed by atoms with Gasteiger partial charge in [-0.25, -0.2) is 13.1 Å². The van der Waals surface area contributed by atoms with Crippen LogP contribution in [0.2, 0.25) is 0 Å². The molecule has 0 amide bonds. The van der Waals surface area contributed by atoms with Crippen molar-refractivity contribution in [3.63, 3.8) is 0 Å². The van der Waals surface area contributed by atoms with Gasteiger partial charge in [-0.3, -0.25) is 4.79 Å². The molecule has 0 saturated heterocycles. The Kier molecular flexibility index (Phi) is 3.86. The predicted octanol–water partition coefficient (Wildman–Crippen LogP) is 0.292. The average molecular weight is 193 g/mol. The van der Waals surface area contributed by atoms with E-state index in [1.54, 1.807) is 13.8 Å². The molecule has 0 aromatic rings. The molecule has 5 heteroatoms. The first-order valence-corrected chi connectivity index (χ1v) is 5.33. The first kappa shape index (κ1) is 11.6. The Labute approximate surface area is 73.4 Å². The molecular formula is C7H15NO3S. The Hall–Kier alpha value is -0.420. The Balaban J connectivity index is 4.37. The maximum atomic E-state index is 11.2. The van der Waals surface area contributed by atoms with E-state index in [1.165, 1.54) is 13.8 Å². The SMILES string of the molecule is CC(=O)[C@H](C)NS(=O)(=O)C(C)C. The molecule has 0 aromatic carbocycles. The largest absolute Gasteiger partial charge is 0.298 e. The normalized spacial score (nSPS) is 14.8. The van der Waals surface area contributed by atoms with Crippen molar-refractivity contribution < 1.29 is 13.2 Å². The monoisotopic (exact) mass is 193 g/mol. The van der Waals surface area contributed by atoms with Crippen molar-refractivity contribution in [2.75, 3.05) is 0 Å². The molecule has 0 rings (SSSR count). The first-order chi connectivity index (χ1) is 5.27. The van der Waals surface area contributed by atoms with E-state index in [2.05, 4.69) is 4.72 Å². The molecule has 0 unspecified atom stereocenters. The Morgan fingerprint density at radius 2 is 1.67 bits per heavy atom. The molecule has 0 saturated carbocycles. The summed E-state index contributed by atoms with van der Waals surface area (Å²) in [5.41, 5.74) is 0. The number of Topliss-reactive ketones (excluding diaryl/α,β-unsaturated/α-hetero) is 1. The summed E-state index contributed by atoms with van der Waals surface area (Å²) < 4.78 is 24.6. The van der Waals surface area contributed by atoms with Crippen LogP contribution in [0.25, 0.3) is 0 Å². The highest BCUT2D eigenvalue weighted by Gasteiger charge is 2.20. The van der Waals surface area contributed by atoms with Gasteiger partial charge < -0.3 is 0 Å². The van der Waals surface area contributed by atoms with Crippen LogP contribution in [0.3, 0.4) is 0 Å². The molecule has 1 atom stereocenters. The zero-order valence-electron chi connectivity index (χ0n) is 7.79. The van der Waals surface area contributed by atoms with E-state index in [1.807, 2.05) is 0 Å². The van der Waals surface area contributed by atoms with Gasteiger partial charge in [0.05, 0.1) is 11.3 Å². The summed E-state index contributed by atoms with van der Waals surface area (Å²) >= 11 is 0. The van der Waals surface area contributed by atoms with Gasteiger partial charge in [-0.05, 0) is 27.7 Å². The van der Waals surface area contributed by atoms with Gasteiger partial charge in [0.15, 0.2) is 0 Å². The van der Waals surface area contributed by atoms with Gasteiger partial charge in [0.1, 0.15) is 5.78 Å². The maximum Gasteiger partial charge on any atom is 0.214 e. The molecular weight excluding hydrogens is 178 g/mol. The lowest BCUT2D eigenvalue weighted by Crippen LogP contribution is -2.40. The van der Waals surface area contributed by atoms with E-state index in [0.717, 1.165) is 0 Å². The predicted molar refractivity (Wildman–Crippen MR) is 47.3 cm³/mol. The summed E-state index contributed by atoms with van der Waals surface area (Å²) in [6.07, 6.45) is 0. The minimum Gasteiger partial charge on any atom is -0.298 e. The van der Waals surface area contributed by atoms with Gasteiger partial charge in [-0.2, -0.15) is 0 Å². The molecule has 0 aliphatic rings. The van der Waals surface area contributed by atoms with Crippen LogP contribution in [0.1, 0.15) is 27.7 Å². The highest BCUT2D eigenvalue weighted by Crippen LogP contribution is 1.98. The van der Waals surface area contributed by atoms with E-state index in [4.69, 9.17) is 0 Å². The topological polar surface area (TPSA) is 63.2 Å². The lowest BCUT2D eigenvalue weighted by molar-refractivity contribution is -0.118. The van der Waals surface area contributed by atoms with Crippen molar-refractivity contribution in [2.45, 2.75) is 39.0 Å². The zero-order chi connectivity index (χ0) is 9.94. The third kappa shape index (κ3) is 3.32. The summed E-state index contributed by atoms with van der Waals surface area (Å²) in [7, 11) is -3.31. The molecule has 0 aromatic heterocycles. The van der Waals surface area contributed by atoms with Crippen LogP contribution in [0.5, 0.6) is 0 Å². The maximum absolute atomic E-state index is 11.2. The van der Waals surface area contributed by atoms with Crippen molar-refractivity contribution in [2.24, 2.45) is 0 Å². The number of ketones is 1. The Bertz CT molecular complexity index is 256. The standard InChI is InChI=1S/C7H15NO3S/c1-5(2)12(10,11)8-6(3)7(4)9/h5-6,8H,1-4H3/t6-/m0/s1. The van der Waals surface area contributed by atoms with Gasteiger partial charge in [0.2, 0.25) is 10.0 Å². The number of carbonyl (C=O) groups excluding carboxylic acids is 1. The van der Waals surface area contributed by atoms with E-state index < -0.39 is 21.3 Å². The molecule has 0 aliphatic heterocycles. The summed E-state index contributed by atoms with van der Waals surface area (Å²) in [5, 5.41) is -0.501. The fourth-order valence-electron chi connectivity index (χ4n) is 0.465. The van der Waals surface area contributed by atoms with Gasteiger partial charge in [-0.1, -0.05) is 0 Å². The fraction of sp³-hybridized carbons (Fsp3) is 0.857. The average Bonchev–Trinajstić information content (AvgIpc) is 1.85. The Morgan fingerprint density at radius 3 is 1.92 bits per heavy atom. The van der Waals surface area contributed by atoms with Crippen LogP contribution in [-0.2, 0) is 14.8 Å².